The molecule has 0 unspecified atom stereocenters. The molecule has 0 amide bonds. The number of rotatable bonds is 10. The predicted molar refractivity (Wildman–Crippen MR) is 94.9 cm³/mol. The molecule has 0 aromatic heterocycles. The fraction of sp³-hybridized carbons (Fsp3) is 1.00. The first-order chi connectivity index (χ1) is 10.1. The first kappa shape index (κ1) is 19.0. The fourth-order valence-corrected chi connectivity index (χ4v) is 4.11. The summed E-state index contributed by atoms with van der Waals surface area (Å²) >= 11 is 0. The largest absolute Gasteiger partial charge is 0.314 e. The van der Waals surface area contributed by atoms with Gasteiger partial charge in [0.2, 0.25) is 0 Å². The van der Waals surface area contributed by atoms with Gasteiger partial charge in [0.25, 0.3) is 0 Å². The number of hydrogen-bond donors (Lipinski definition) is 2. The van der Waals surface area contributed by atoms with Crippen LogP contribution in [0, 0.1) is 0 Å². The van der Waals surface area contributed by atoms with Crippen LogP contribution in [0.3, 0.4) is 0 Å². The van der Waals surface area contributed by atoms with E-state index in [1.807, 2.05) is 0 Å². The molecule has 1 aliphatic heterocycles. The molecule has 1 heterocycles. The highest BCUT2D eigenvalue weighted by atomic mass is 15.1. The van der Waals surface area contributed by atoms with Crippen LogP contribution in [-0.2, 0) is 0 Å². The number of piperidine rings is 1. The van der Waals surface area contributed by atoms with E-state index < -0.39 is 0 Å². The van der Waals surface area contributed by atoms with Gasteiger partial charge in [-0.05, 0) is 51.5 Å². The SMILES string of the molecule is CCCCCCNC1CC(CC)(CC)NC(CC)(CC)C1. The van der Waals surface area contributed by atoms with E-state index in [1.54, 1.807) is 0 Å². The summed E-state index contributed by atoms with van der Waals surface area (Å²) in [7, 11) is 0. The summed E-state index contributed by atoms with van der Waals surface area (Å²) in [6, 6.07) is 0.702. The zero-order valence-corrected chi connectivity index (χ0v) is 15.4. The third-order valence-electron chi connectivity index (χ3n) is 5.98. The Hall–Kier alpha value is -0.0800. The van der Waals surface area contributed by atoms with E-state index in [1.165, 1.54) is 70.8 Å². The second kappa shape index (κ2) is 9.15. The van der Waals surface area contributed by atoms with E-state index >= 15 is 0 Å². The lowest BCUT2D eigenvalue weighted by atomic mass is 9.71. The molecular formula is C19H40N2. The van der Waals surface area contributed by atoms with Crippen molar-refractivity contribution in [3.05, 3.63) is 0 Å². The van der Waals surface area contributed by atoms with Crippen LogP contribution < -0.4 is 10.6 Å². The summed E-state index contributed by atoms with van der Waals surface area (Å²) in [5.41, 5.74) is 0.705. The summed E-state index contributed by atoms with van der Waals surface area (Å²) in [6.45, 7) is 12.9. The minimum absolute atomic E-state index is 0.353. The van der Waals surface area contributed by atoms with Gasteiger partial charge in [-0.1, -0.05) is 53.9 Å². The minimum Gasteiger partial charge on any atom is -0.314 e. The zero-order valence-electron chi connectivity index (χ0n) is 15.4. The Labute approximate surface area is 133 Å². The molecule has 2 nitrogen and oxygen atoms in total. The highest BCUT2D eigenvalue weighted by molar-refractivity contribution is 5.05. The van der Waals surface area contributed by atoms with E-state index in [0.717, 1.165) is 0 Å². The van der Waals surface area contributed by atoms with Crippen molar-refractivity contribution in [2.45, 2.75) is 116 Å². The van der Waals surface area contributed by atoms with Gasteiger partial charge in [0.1, 0.15) is 0 Å². The Kier molecular flexibility index (Phi) is 8.26. The highest BCUT2D eigenvalue weighted by Gasteiger charge is 2.43. The van der Waals surface area contributed by atoms with E-state index in [-0.39, 0.29) is 0 Å². The van der Waals surface area contributed by atoms with Crippen LogP contribution in [0.15, 0.2) is 0 Å². The highest BCUT2D eigenvalue weighted by Crippen LogP contribution is 2.37. The molecule has 1 rings (SSSR count). The molecule has 0 aromatic carbocycles. The van der Waals surface area contributed by atoms with E-state index in [0.29, 0.717) is 17.1 Å². The molecule has 1 saturated heterocycles. The molecule has 0 atom stereocenters. The van der Waals surface area contributed by atoms with Crippen molar-refractivity contribution >= 4 is 0 Å². The maximum absolute atomic E-state index is 4.08. The van der Waals surface area contributed by atoms with Crippen molar-refractivity contribution in [3.63, 3.8) is 0 Å². The van der Waals surface area contributed by atoms with E-state index in [4.69, 9.17) is 0 Å². The Bertz CT molecular complexity index is 247. The lowest BCUT2D eigenvalue weighted by Gasteiger charge is -2.52. The molecule has 0 spiro atoms. The lowest BCUT2D eigenvalue weighted by Crippen LogP contribution is -2.65. The number of unbranched alkanes of at least 4 members (excludes halogenated alkanes) is 3. The number of nitrogens with one attached hydrogen (secondary N) is 2. The zero-order chi connectivity index (χ0) is 15.8. The molecule has 0 bridgehead atoms. The second-order valence-electron chi connectivity index (χ2n) is 7.22. The third kappa shape index (κ3) is 5.25. The van der Waals surface area contributed by atoms with Crippen LogP contribution >= 0.6 is 0 Å². The van der Waals surface area contributed by atoms with Crippen LogP contribution in [-0.4, -0.2) is 23.7 Å². The van der Waals surface area contributed by atoms with Crippen molar-refractivity contribution < 1.29 is 0 Å². The molecule has 0 aromatic rings. The first-order valence-corrected chi connectivity index (χ1v) is 9.62. The van der Waals surface area contributed by atoms with Crippen LogP contribution in [0.5, 0.6) is 0 Å². The van der Waals surface area contributed by atoms with Crippen molar-refractivity contribution in [1.82, 2.24) is 10.6 Å². The molecule has 21 heavy (non-hydrogen) atoms. The van der Waals surface area contributed by atoms with Gasteiger partial charge in [0.05, 0.1) is 0 Å². The molecular weight excluding hydrogens is 256 g/mol. The van der Waals surface area contributed by atoms with Crippen molar-refractivity contribution in [2.75, 3.05) is 6.54 Å². The fourth-order valence-electron chi connectivity index (χ4n) is 4.11. The molecule has 2 N–H and O–H groups in total. The van der Waals surface area contributed by atoms with Crippen LogP contribution in [0.2, 0.25) is 0 Å². The van der Waals surface area contributed by atoms with Crippen molar-refractivity contribution in [3.8, 4) is 0 Å². The smallest absolute Gasteiger partial charge is 0.0196 e. The summed E-state index contributed by atoms with van der Waals surface area (Å²) in [4.78, 5) is 0. The third-order valence-corrected chi connectivity index (χ3v) is 5.98. The molecule has 2 heteroatoms. The molecule has 0 radical (unpaired) electrons. The normalized spacial score (nSPS) is 21.6. The monoisotopic (exact) mass is 296 g/mol. The summed E-state index contributed by atoms with van der Waals surface area (Å²) in [5.74, 6) is 0. The molecule has 0 aliphatic carbocycles. The van der Waals surface area contributed by atoms with Gasteiger partial charge < -0.3 is 10.6 Å². The van der Waals surface area contributed by atoms with Gasteiger partial charge in [-0.15, -0.1) is 0 Å². The molecule has 1 aliphatic rings. The van der Waals surface area contributed by atoms with Gasteiger partial charge in [-0.2, -0.15) is 0 Å². The summed E-state index contributed by atoms with van der Waals surface area (Å²) < 4.78 is 0. The van der Waals surface area contributed by atoms with Gasteiger partial charge >= 0.3 is 0 Å². The predicted octanol–water partition coefficient (Wildman–Crippen LogP) is 5.03. The minimum atomic E-state index is 0.353. The van der Waals surface area contributed by atoms with E-state index in [9.17, 15) is 0 Å². The van der Waals surface area contributed by atoms with Gasteiger partial charge in [-0.25, -0.2) is 0 Å². The van der Waals surface area contributed by atoms with Crippen LogP contribution in [0.1, 0.15) is 98.8 Å². The standard InChI is InChI=1S/C19H40N2/c1-6-11-12-13-14-20-17-15-18(7-2,8-3)21-19(9-4,10-5)16-17/h17,20-21H,6-16H2,1-5H3. The van der Waals surface area contributed by atoms with Gasteiger partial charge in [0.15, 0.2) is 0 Å². The number of hydrogen-bond acceptors (Lipinski definition) is 2. The Morgan fingerprint density at radius 3 is 1.76 bits per heavy atom. The maximum Gasteiger partial charge on any atom is 0.0196 e. The average molecular weight is 297 g/mol. The van der Waals surface area contributed by atoms with Gasteiger partial charge in [0, 0.05) is 17.1 Å². The average Bonchev–Trinajstić information content (AvgIpc) is 2.54. The Morgan fingerprint density at radius 2 is 1.33 bits per heavy atom. The first-order valence-electron chi connectivity index (χ1n) is 9.62. The molecule has 1 fully saturated rings. The Balaban J connectivity index is 2.61. The van der Waals surface area contributed by atoms with Gasteiger partial charge in [-0.3, -0.25) is 0 Å². The maximum atomic E-state index is 4.08. The topological polar surface area (TPSA) is 24.1 Å². The van der Waals surface area contributed by atoms with Crippen LogP contribution in [0.4, 0.5) is 0 Å². The quantitative estimate of drug-likeness (QED) is 0.553. The second-order valence-corrected chi connectivity index (χ2v) is 7.22. The van der Waals surface area contributed by atoms with Crippen molar-refractivity contribution in [2.24, 2.45) is 0 Å². The van der Waals surface area contributed by atoms with Crippen molar-refractivity contribution in [1.29, 1.82) is 0 Å². The molecule has 126 valence electrons. The summed E-state index contributed by atoms with van der Waals surface area (Å²) in [5, 5.41) is 7.97. The summed E-state index contributed by atoms with van der Waals surface area (Å²) in [6.07, 6.45) is 13.0. The molecule has 0 saturated carbocycles. The Morgan fingerprint density at radius 1 is 0.810 bits per heavy atom. The van der Waals surface area contributed by atoms with E-state index in [2.05, 4.69) is 45.3 Å². The van der Waals surface area contributed by atoms with Crippen LogP contribution in [0.25, 0.3) is 0 Å². The lowest BCUT2D eigenvalue weighted by molar-refractivity contribution is 0.0840.